The lowest BCUT2D eigenvalue weighted by molar-refractivity contribution is -0.177. The van der Waals surface area contributed by atoms with Crippen LogP contribution in [0.5, 0.6) is 0 Å². The first-order valence-electron chi connectivity index (χ1n) is 14.9. The summed E-state index contributed by atoms with van der Waals surface area (Å²) in [5.74, 6) is -6.27. The molecular formula is C30H46F6N2O2. The van der Waals surface area contributed by atoms with Gasteiger partial charge in [0.25, 0.3) is 0 Å². The minimum absolute atomic E-state index is 0.0810. The van der Waals surface area contributed by atoms with Crippen molar-refractivity contribution in [2.75, 3.05) is 39.3 Å². The number of Topliss-reactive ketones (excluding diaryl/α,β-unsaturated/α-hetero) is 2. The summed E-state index contributed by atoms with van der Waals surface area (Å²) >= 11 is 0. The molecule has 0 aromatic carbocycles. The standard InChI is InChI=1S/C30H46F6N2O2/c1-3-37(21-25(27(39)29(31,32)33)23-15-9-7-10-16-23)19-13-5-6-14-20-38(4-2)22-26(28(40)30(34,35)36)24-17-11-8-12-18-24/h9,11,15,17,23-26H,3-8,10,12-14,16,18-22H2,1-2H3/t23-,24-,25-,26-/m0/s1. The fourth-order valence-electron chi connectivity index (χ4n) is 5.93. The highest BCUT2D eigenvalue weighted by Gasteiger charge is 2.47. The van der Waals surface area contributed by atoms with Crippen LogP contribution < -0.4 is 0 Å². The molecule has 230 valence electrons. The maximum Gasteiger partial charge on any atom is 0.450 e. The van der Waals surface area contributed by atoms with E-state index in [2.05, 4.69) is 0 Å². The Morgan fingerprint density at radius 1 is 0.700 bits per heavy atom. The van der Waals surface area contributed by atoms with Gasteiger partial charge in [-0.3, -0.25) is 9.59 Å². The Morgan fingerprint density at radius 3 is 1.35 bits per heavy atom. The first kappa shape index (κ1) is 34.5. The van der Waals surface area contributed by atoms with Gasteiger partial charge in [-0.2, -0.15) is 26.3 Å². The molecule has 0 amide bonds. The molecule has 0 heterocycles. The summed E-state index contributed by atoms with van der Waals surface area (Å²) in [6, 6.07) is 0. The van der Waals surface area contributed by atoms with Gasteiger partial charge in [0.1, 0.15) is 0 Å². The topological polar surface area (TPSA) is 40.6 Å². The molecule has 0 aliphatic heterocycles. The number of carbonyl (C=O) groups is 2. The largest absolute Gasteiger partial charge is 0.450 e. The van der Waals surface area contributed by atoms with E-state index in [0.29, 0.717) is 39.0 Å². The van der Waals surface area contributed by atoms with Gasteiger partial charge >= 0.3 is 12.4 Å². The van der Waals surface area contributed by atoms with Crippen molar-refractivity contribution in [3.8, 4) is 0 Å². The lowest BCUT2D eigenvalue weighted by atomic mass is 9.81. The van der Waals surface area contributed by atoms with Crippen molar-refractivity contribution in [3.05, 3.63) is 24.3 Å². The molecule has 0 unspecified atom stereocenters. The summed E-state index contributed by atoms with van der Waals surface area (Å²) < 4.78 is 79.8. The highest BCUT2D eigenvalue weighted by molar-refractivity contribution is 5.87. The van der Waals surface area contributed by atoms with Crippen molar-refractivity contribution in [2.45, 2.75) is 90.4 Å². The molecule has 0 spiro atoms. The molecule has 2 rings (SSSR count). The number of nitrogens with zero attached hydrogens (tertiary/aromatic N) is 2. The molecule has 10 heteroatoms. The summed E-state index contributed by atoms with van der Waals surface area (Å²) in [5.41, 5.74) is 0. The van der Waals surface area contributed by atoms with E-state index < -0.39 is 47.6 Å². The van der Waals surface area contributed by atoms with E-state index in [-0.39, 0.29) is 13.1 Å². The second kappa shape index (κ2) is 16.7. The highest BCUT2D eigenvalue weighted by atomic mass is 19.4. The van der Waals surface area contributed by atoms with Gasteiger partial charge in [-0.1, -0.05) is 51.0 Å². The molecule has 4 nitrogen and oxygen atoms in total. The molecule has 2 aliphatic carbocycles. The second-order valence-corrected chi connectivity index (χ2v) is 11.2. The number of alkyl halides is 6. The van der Waals surface area contributed by atoms with Gasteiger partial charge in [-0.05, 0) is 89.4 Å². The van der Waals surface area contributed by atoms with Crippen LogP contribution >= 0.6 is 0 Å². The van der Waals surface area contributed by atoms with Crippen LogP contribution in [0.4, 0.5) is 26.3 Å². The molecule has 0 saturated carbocycles. The summed E-state index contributed by atoms with van der Waals surface area (Å²) in [6.07, 6.45) is 5.13. The fourth-order valence-corrected chi connectivity index (χ4v) is 5.93. The van der Waals surface area contributed by atoms with Crippen LogP contribution in [0.1, 0.15) is 78.1 Å². The molecule has 0 N–H and O–H groups in total. The van der Waals surface area contributed by atoms with Gasteiger partial charge in [-0.15, -0.1) is 0 Å². The lowest BCUT2D eigenvalue weighted by Gasteiger charge is -2.32. The number of hydrogen-bond donors (Lipinski definition) is 0. The SMILES string of the molecule is CCN(CCCCCCN(CC)C[C@H](C(=O)C(F)(F)F)[C@H]1C=CCCC1)C[C@H](C(=O)C(F)(F)F)[C@H]1C=CCCC1. The van der Waals surface area contributed by atoms with Crippen LogP contribution in [0.3, 0.4) is 0 Å². The summed E-state index contributed by atoms with van der Waals surface area (Å²) in [4.78, 5) is 28.3. The predicted octanol–water partition coefficient (Wildman–Crippen LogP) is 7.40. The van der Waals surface area contributed by atoms with E-state index in [0.717, 1.165) is 51.4 Å². The van der Waals surface area contributed by atoms with Gasteiger partial charge < -0.3 is 9.80 Å². The van der Waals surface area contributed by atoms with Crippen LogP contribution in [-0.2, 0) is 9.59 Å². The zero-order valence-electron chi connectivity index (χ0n) is 23.9. The number of unbranched alkanes of at least 4 members (excludes halogenated alkanes) is 3. The fraction of sp³-hybridized carbons (Fsp3) is 0.800. The molecule has 2 aliphatic rings. The first-order valence-corrected chi connectivity index (χ1v) is 14.9. The van der Waals surface area contributed by atoms with Gasteiger partial charge in [0.05, 0.1) is 0 Å². The lowest BCUT2D eigenvalue weighted by Crippen LogP contribution is -2.43. The Labute approximate surface area is 235 Å². The Balaban J connectivity index is 1.83. The Kier molecular flexibility index (Phi) is 14.4. The molecule has 0 aromatic rings. The van der Waals surface area contributed by atoms with Crippen molar-refractivity contribution < 1.29 is 35.9 Å². The van der Waals surface area contributed by atoms with Crippen molar-refractivity contribution in [2.24, 2.45) is 23.7 Å². The smallest absolute Gasteiger partial charge is 0.303 e. The molecule has 0 bridgehead atoms. The minimum atomic E-state index is -4.85. The minimum Gasteiger partial charge on any atom is -0.303 e. The molecular weight excluding hydrogens is 534 g/mol. The average Bonchev–Trinajstić information content (AvgIpc) is 2.93. The maximum absolute atomic E-state index is 13.3. The third-order valence-corrected chi connectivity index (χ3v) is 8.35. The maximum atomic E-state index is 13.3. The molecule has 0 aromatic heterocycles. The van der Waals surface area contributed by atoms with E-state index in [4.69, 9.17) is 0 Å². The van der Waals surface area contributed by atoms with E-state index in [1.54, 1.807) is 12.2 Å². The number of ketones is 2. The number of allylic oxidation sites excluding steroid dienone is 4. The monoisotopic (exact) mass is 580 g/mol. The third kappa shape index (κ3) is 11.3. The Hall–Kier alpha value is -1.68. The highest BCUT2D eigenvalue weighted by Crippen LogP contribution is 2.33. The van der Waals surface area contributed by atoms with E-state index >= 15 is 0 Å². The van der Waals surface area contributed by atoms with E-state index in [9.17, 15) is 35.9 Å². The number of rotatable bonds is 17. The second-order valence-electron chi connectivity index (χ2n) is 11.2. The predicted molar refractivity (Wildman–Crippen MR) is 145 cm³/mol. The average molecular weight is 581 g/mol. The van der Waals surface area contributed by atoms with E-state index in [1.165, 1.54) is 0 Å². The van der Waals surface area contributed by atoms with Crippen LogP contribution in [-0.4, -0.2) is 73.0 Å². The van der Waals surface area contributed by atoms with Crippen LogP contribution in [0, 0.1) is 23.7 Å². The first-order chi connectivity index (χ1) is 18.9. The van der Waals surface area contributed by atoms with E-state index in [1.807, 2.05) is 35.8 Å². The van der Waals surface area contributed by atoms with Crippen LogP contribution in [0.25, 0.3) is 0 Å². The Morgan fingerprint density at radius 2 is 1.07 bits per heavy atom. The van der Waals surface area contributed by atoms with Crippen molar-refractivity contribution >= 4 is 11.6 Å². The normalized spacial score (nSPS) is 21.6. The quantitative estimate of drug-likeness (QED) is 0.102. The summed E-state index contributed by atoms with van der Waals surface area (Å²) in [7, 11) is 0. The molecule has 0 radical (unpaired) electrons. The summed E-state index contributed by atoms with van der Waals surface area (Å²) in [5, 5.41) is 0. The summed E-state index contributed by atoms with van der Waals surface area (Å²) in [6.45, 7) is 6.19. The zero-order valence-corrected chi connectivity index (χ0v) is 23.9. The van der Waals surface area contributed by atoms with Crippen molar-refractivity contribution in [1.82, 2.24) is 9.80 Å². The van der Waals surface area contributed by atoms with Crippen molar-refractivity contribution in [3.63, 3.8) is 0 Å². The van der Waals surface area contributed by atoms with Crippen LogP contribution in [0.2, 0.25) is 0 Å². The number of halogens is 6. The van der Waals surface area contributed by atoms with Crippen LogP contribution in [0.15, 0.2) is 24.3 Å². The molecule has 0 saturated heterocycles. The number of hydrogen-bond acceptors (Lipinski definition) is 4. The molecule has 40 heavy (non-hydrogen) atoms. The number of carbonyl (C=O) groups excluding carboxylic acids is 2. The third-order valence-electron chi connectivity index (χ3n) is 8.35. The van der Waals surface area contributed by atoms with Gasteiger partial charge in [-0.25, -0.2) is 0 Å². The Bertz CT molecular complexity index is 771. The van der Waals surface area contributed by atoms with Crippen molar-refractivity contribution in [1.29, 1.82) is 0 Å². The van der Waals surface area contributed by atoms with Gasteiger partial charge in [0.15, 0.2) is 0 Å². The van der Waals surface area contributed by atoms with Gasteiger partial charge in [0.2, 0.25) is 11.6 Å². The molecule has 0 fully saturated rings. The van der Waals surface area contributed by atoms with Gasteiger partial charge in [0, 0.05) is 24.9 Å². The molecule has 4 atom stereocenters. The zero-order chi connectivity index (χ0) is 29.8.